The van der Waals surface area contributed by atoms with Crippen molar-refractivity contribution in [2.24, 2.45) is 0 Å². The first-order valence-electron chi connectivity index (χ1n) is 5.07. The Morgan fingerprint density at radius 3 is 2.29 bits per heavy atom. The van der Waals surface area contributed by atoms with Crippen molar-refractivity contribution in [2.45, 2.75) is 46.3 Å². The first-order chi connectivity index (χ1) is 6.49. The summed E-state index contributed by atoms with van der Waals surface area (Å²) >= 11 is 0. The number of carbonyl (C=O) groups is 1. The fraction of sp³-hybridized carbons (Fsp3) is 0.900. The number of aliphatic hydroxyl groups excluding tert-OH is 1. The van der Waals surface area contributed by atoms with Gasteiger partial charge in [0.05, 0.1) is 6.10 Å². The lowest BCUT2D eigenvalue weighted by atomic mass is 10.3. The average Bonchev–Trinajstić information content (AvgIpc) is 2.02. The van der Waals surface area contributed by atoms with Gasteiger partial charge in [0.2, 0.25) is 0 Å². The van der Waals surface area contributed by atoms with Gasteiger partial charge in [0.1, 0.15) is 0 Å². The molecule has 0 aromatic rings. The van der Waals surface area contributed by atoms with Crippen molar-refractivity contribution in [1.29, 1.82) is 0 Å². The van der Waals surface area contributed by atoms with Crippen LogP contribution in [0.25, 0.3) is 0 Å². The number of hydrogen-bond donors (Lipinski definition) is 1. The Bertz CT molecular complexity index is 169. The molecule has 0 saturated heterocycles. The molecule has 0 unspecified atom stereocenters. The fourth-order valence-electron chi connectivity index (χ4n) is 1.07. The highest BCUT2D eigenvalue weighted by atomic mass is 16.6. The summed E-state index contributed by atoms with van der Waals surface area (Å²) < 4.78 is 5.08. The molecule has 0 aromatic heterocycles. The molecule has 0 fully saturated rings. The molecule has 0 aromatic carbocycles. The van der Waals surface area contributed by atoms with E-state index in [1.165, 1.54) is 0 Å². The number of amides is 1. The van der Waals surface area contributed by atoms with Crippen LogP contribution in [0.15, 0.2) is 0 Å². The standard InChI is InChI=1S/C10H21NO3/c1-8(2)11(6-5-7-12)10(13)14-9(3)4/h8-9,12H,5-7H2,1-4H3. The van der Waals surface area contributed by atoms with Gasteiger partial charge in [-0.15, -0.1) is 0 Å². The molecule has 1 amide bonds. The first kappa shape index (κ1) is 13.2. The van der Waals surface area contributed by atoms with Gasteiger partial charge in [-0.1, -0.05) is 0 Å². The van der Waals surface area contributed by atoms with Crippen molar-refractivity contribution in [3.63, 3.8) is 0 Å². The molecule has 0 bridgehead atoms. The summed E-state index contributed by atoms with van der Waals surface area (Å²) in [4.78, 5) is 13.1. The summed E-state index contributed by atoms with van der Waals surface area (Å²) in [6.45, 7) is 8.14. The number of nitrogens with zero attached hydrogens (tertiary/aromatic N) is 1. The van der Waals surface area contributed by atoms with E-state index in [4.69, 9.17) is 9.84 Å². The zero-order valence-corrected chi connectivity index (χ0v) is 9.49. The van der Waals surface area contributed by atoms with E-state index in [2.05, 4.69) is 0 Å². The largest absolute Gasteiger partial charge is 0.447 e. The van der Waals surface area contributed by atoms with E-state index in [0.717, 1.165) is 0 Å². The minimum Gasteiger partial charge on any atom is -0.447 e. The van der Waals surface area contributed by atoms with Crippen LogP contribution in [-0.2, 0) is 4.74 Å². The predicted molar refractivity (Wildman–Crippen MR) is 55.2 cm³/mol. The molecule has 0 rings (SSSR count). The van der Waals surface area contributed by atoms with Gasteiger partial charge >= 0.3 is 6.09 Å². The summed E-state index contributed by atoms with van der Waals surface area (Å²) in [6, 6.07) is 0.104. The number of carbonyl (C=O) groups excluding carboxylic acids is 1. The predicted octanol–water partition coefficient (Wildman–Crippen LogP) is 1.62. The number of ether oxygens (including phenoxy) is 1. The zero-order chi connectivity index (χ0) is 11.1. The molecule has 0 spiro atoms. The lowest BCUT2D eigenvalue weighted by Gasteiger charge is -2.26. The van der Waals surface area contributed by atoms with Crippen LogP contribution in [0.1, 0.15) is 34.1 Å². The third kappa shape index (κ3) is 5.07. The average molecular weight is 203 g/mol. The van der Waals surface area contributed by atoms with Crippen molar-refractivity contribution in [3.05, 3.63) is 0 Å². The van der Waals surface area contributed by atoms with Crippen LogP contribution < -0.4 is 0 Å². The lowest BCUT2D eigenvalue weighted by Crippen LogP contribution is -2.39. The molecule has 0 aliphatic carbocycles. The summed E-state index contributed by atoms with van der Waals surface area (Å²) in [5.74, 6) is 0. The quantitative estimate of drug-likeness (QED) is 0.738. The Labute approximate surface area is 85.9 Å². The molecule has 0 aliphatic rings. The zero-order valence-electron chi connectivity index (χ0n) is 9.49. The van der Waals surface area contributed by atoms with Gasteiger partial charge in [0.15, 0.2) is 0 Å². The maximum atomic E-state index is 11.5. The van der Waals surface area contributed by atoms with Crippen LogP contribution in [-0.4, -0.2) is 41.4 Å². The molecular weight excluding hydrogens is 182 g/mol. The van der Waals surface area contributed by atoms with E-state index >= 15 is 0 Å². The molecule has 1 N–H and O–H groups in total. The molecule has 84 valence electrons. The molecule has 14 heavy (non-hydrogen) atoms. The van der Waals surface area contributed by atoms with Crippen LogP contribution in [0, 0.1) is 0 Å². The second-order valence-electron chi connectivity index (χ2n) is 3.80. The number of aliphatic hydroxyl groups is 1. The van der Waals surface area contributed by atoms with Crippen LogP contribution >= 0.6 is 0 Å². The van der Waals surface area contributed by atoms with Crippen LogP contribution in [0.2, 0.25) is 0 Å². The Balaban J connectivity index is 4.11. The van der Waals surface area contributed by atoms with E-state index in [1.807, 2.05) is 27.7 Å². The fourth-order valence-corrected chi connectivity index (χ4v) is 1.07. The van der Waals surface area contributed by atoms with E-state index in [1.54, 1.807) is 4.90 Å². The highest BCUT2D eigenvalue weighted by Crippen LogP contribution is 2.04. The minimum atomic E-state index is -0.302. The number of hydrogen-bond acceptors (Lipinski definition) is 3. The van der Waals surface area contributed by atoms with Gasteiger partial charge in [0, 0.05) is 19.2 Å². The highest BCUT2D eigenvalue weighted by Gasteiger charge is 2.18. The summed E-state index contributed by atoms with van der Waals surface area (Å²) in [6.07, 6.45) is 0.187. The van der Waals surface area contributed by atoms with Gasteiger partial charge in [-0.25, -0.2) is 4.79 Å². The van der Waals surface area contributed by atoms with Crippen LogP contribution in [0.4, 0.5) is 4.79 Å². The number of rotatable bonds is 5. The van der Waals surface area contributed by atoms with Crippen molar-refractivity contribution < 1.29 is 14.6 Å². The Hall–Kier alpha value is -0.770. The summed E-state index contributed by atoms with van der Waals surface area (Å²) in [5.41, 5.74) is 0. The third-order valence-electron chi connectivity index (χ3n) is 1.75. The second-order valence-corrected chi connectivity index (χ2v) is 3.80. The van der Waals surface area contributed by atoms with E-state index < -0.39 is 0 Å². The first-order valence-corrected chi connectivity index (χ1v) is 5.07. The normalized spacial score (nSPS) is 10.8. The molecular formula is C10H21NO3. The minimum absolute atomic E-state index is 0.0954. The van der Waals surface area contributed by atoms with Crippen LogP contribution in [0.5, 0.6) is 0 Å². The Morgan fingerprint density at radius 1 is 1.36 bits per heavy atom. The van der Waals surface area contributed by atoms with Crippen molar-refractivity contribution in [1.82, 2.24) is 4.90 Å². The van der Waals surface area contributed by atoms with Crippen molar-refractivity contribution >= 4 is 6.09 Å². The highest BCUT2D eigenvalue weighted by molar-refractivity contribution is 5.68. The summed E-state index contributed by atoms with van der Waals surface area (Å²) in [7, 11) is 0. The smallest absolute Gasteiger partial charge is 0.410 e. The summed E-state index contributed by atoms with van der Waals surface area (Å²) in [5, 5.41) is 8.68. The van der Waals surface area contributed by atoms with Crippen LogP contribution in [0.3, 0.4) is 0 Å². The van der Waals surface area contributed by atoms with Gasteiger partial charge in [-0.05, 0) is 34.1 Å². The maximum absolute atomic E-state index is 11.5. The second kappa shape index (κ2) is 6.65. The molecule has 0 atom stereocenters. The van der Waals surface area contributed by atoms with Crippen molar-refractivity contribution in [3.8, 4) is 0 Å². The monoisotopic (exact) mass is 203 g/mol. The van der Waals surface area contributed by atoms with Crippen molar-refractivity contribution in [2.75, 3.05) is 13.2 Å². The van der Waals surface area contributed by atoms with E-state index in [-0.39, 0.29) is 24.8 Å². The molecule has 4 heteroatoms. The molecule has 0 aliphatic heterocycles. The van der Waals surface area contributed by atoms with E-state index in [0.29, 0.717) is 13.0 Å². The maximum Gasteiger partial charge on any atom is 0.410 e. The topological polar surface area (TPSA) is 49.8 Å². The van der Waals surface area contributed by atoms with Gasteiger partial charge < -0.3 is 14.7 Å². The van der Waals surface area contributed by atoms with Gasteiger partial charge in [0.25, 0.3) is 0 Å². The van der Waals surface area contributed by atoms with E-state index in [9.17, 15) is 4.79 Å². The third-order valence-corrected chi connectivity index (χ3v) is 1.75. The van der Waals surface area contributed by atoms with Gasteiger partial charge in [-0.3, -0.25) is 0 Å². The molecule has 0 saturated carbocycles. The van der Waals surface area contributed by atoms with Gasteiger partial charge in [-0.2, -0.15) is 0 Å². The SMILES string of the molecule is CC(C)OC(=O)N(CCCO)C(C)C. The molecule has 0 heterocycles. The molecule has 4 nitrogen and oxygen atoms in total. The Morgan fingerprint density at radius 2 is 1.93 bits per heavy atom. The lowest BCUT2D eigenvalue weighted by molar-refractivity contribution is 0.0657. The Kier molecular flexibility index (Phi) is 6.28. The molecule has 0 radical (unpaired) electrons.